The number of carbonyl (C=O) groups excluding carboxylic acids is 1. The van der Waals surface area contributed by atoms with Crippen molar-refractivity contribution < 1.29 is 4.79 Å². The second-order valence-electron chi connectivity index (χ2n) is 7.58. The van der Waals surface area contributed by atoms with Gasteiger partial charge in [0.2, 0.25) is 0 Å². The molecule has 0 aliphatic carbocycles. The zero-order valence-electron chi connectivity index (χ0n) is 17.8. The number of anilines is 2. The van der Waals surface area contributed by atoms with Crippen molar-refractivity contribution >= 4 is 39.7 Å². The Hall–Kier alpha value is -3.01. The predicted octanol–water partition coefficient (Wildman–Crippen LogP) is 2.78. The lowest BCUT2D eigenvalue weighted by atomic mass is 9.94. The third kappa shape index (κ3) is 5.42. The fraction of sp³-hybridized carbons (Fsp3) is 0.450. The zero-order valence-corrected chi connectivity index (χ0v) is 19.5. The van der Waals surface area contributed by atoms with Crippen LogP contribution in [0.1, 0.15) is 51.3 Å². The van der Waals surface area contributed by atoms with Crippen molar-refractivity contribution in [2.75, 3.05) is 25.0 Å². The molecule has 1 aliphatic heterocycles. The van der Waals surface area contributed by atoms with Gasteiger partial charge in [0.15, 0.2) is 5.13 Å². The van der Waals surface area contributed by atoms with E-state index in [-0.39, 0.29) is 11.8 Å². The summed E-state index contributed by atoms with van der Waals surface area (Å²) in [5, 5.41) is 21.3. The molecule has 1 saturated heterocycles. The first-order valence-electron chi connectivity index (χ1n) is 10.3. The van der Waals surface area contributed by atoms with Gasteiger partial charge in [0, 0.05) is 23.9 Å². The number of aromatic nitrogens is 5. The molecule has 32 heavy (non-hydrogen) atoms. The number of thiazole rings is 1. The number of nitriles is 1. The first kappa shape index (κ1) is 22.2. The number of hydrogen-bond donors (Lipinski definition) is 2. The SMILES string of the molecule is Cc1nc(Nc2nc(C(=O)NCc3snnc3C)cs2)cc(C2CCCN(CC#N)C2)n1. The van der Waals surface area contributed by atoms with E-state index in [9.17, 15) is 4.79 Å². The lowest BCUT2D eigenvalue weighted by Crippen LogP contribution is -2.35. The molecule has 1 atom stereocenters. The Kier molecular flexibility index (Phi) is 6.99. The van der Waals surface area contributed by atoms with Crippen molar-refractivity contribution in [3.05, 3.63) is 39.2 Å². The number of aryl methyl sites for hydroxylation is 2. The van der Waals surface area contributed by atoms with Gasteiger partial charge in [-0.3, -0.25) is 9.69 Å². The first-order chi connectivity index (χ1) is 15.5. The van der Waals surface area contributed by atoms with Crippen LogP contribution in [0, 0.1) is 25.2 Å². The minimum absolute atomic E-state index is 0.249. The molecule has 10 nitrogen and oxygen atoms in total. The van der Waals surface area contributed by atoms with Crippen molar-refractivity contribution in [2.24, 2.45) is 0 Å². The first-order valence-corrected chi connectivity index (χ1v) is 11.9. The molecule has 3 aromatic heterocycles. The second-order valence-corrected chi connectivity index (χ2v) is 9.28. The van der Waals surface area contributed by atoms with Gasteiger partial charge in [0.25, 0.3) is 5.91 Å². The van der Waals surface area contributed by atoms with Crippen molar-refractivity contribution in [1.82, 2.24) is 34.8 Å². The molecule has 0 aromatic carbocycles. The van der Waals surface area contributed by atoms with Gasteiger partial charge in [-0.15, -0.1) is 16.4 Å². The zero-order chi connectivity index (χ0) is 22.5. The van der Waals surface area contributed by atoms with Gasteiger partial charge >= 0.3 is 0 Å². The third-order valence-corrected chi connectivity index (χ3v) is 6.78. The second kappa shape index (κ2) is 10.1. The van der Waals surface area contributed by atoms with Crippen molar-refractivity contribution in [2.45, 2.75) is 39.2 Å². The Bertz CT molecular complexity index is 1140. The fourth-order valence-corrected chi connectivity index (χ4v) is 4.88. The van der Waals surface area contributed by atoms with Crippen LogP contribution < -0.4 is 10.6 Å². The Morgan fingerprint density at radius 1 is 1.34 bits per heavy atom. The maximum atomic E-state index is 12.4. The van der Waals surface area contributed by atoms with E-state index in [0.717, 1.165) is 42.2 Å². The van der Waals surface area contributed by atoms with Gasteiger partial charge < -0.3 is 10.6 Å². The molecule has 1 amide bonds. The number of piperidine rings is 1. The fourth-order valence-electron chi connectivity index (χ4n) is 3.61. The molecule has 0 saturated carbocycles. The molecule has 4 rings (SSSR count). The molecule has 1 aliphatic rings. The molecule has 4 heterocycles. The molecule has 3 aromatic rings. The van der Waals surface area contributed by atoms with E-state index in [1.54, 1.807) is 5.38 Å². The summed E-state index contributed by atoms with van der Waals surface area (Å²) in [6.07, 6.45) is 2.08. The number of likely N-dealkylation sites (tertiary alicyclic amines) is 1. The van der Waals surface area contributed by atoms with Crippen LogP contribution >= 0.6 is 22.9 Å². The highest BCUT2D eigenvalue weighted by Crippen LogP contribution is 2.28. The predicted molar refractivity (Wildman–Crippen MR) is 122 cm³/mol. The van der Waals surface area contributed by atoms with Crippen LogP contribution in [0.25, 0.3) is 0 Å². The van der Waals surface area contributed by atoms with Gasteiger partial charge in [-0.25, -0.2) is 15.0 Å². The summed E-state index contributed by atoms with van der Waals surface area (Å²) in [6, 6.07) is 4.17. The Labute approximate surface area is 193 Å². The number of hydrogen-bond acceptors (Lipinski definition) is 11. The van der Waals surface area contributed by atoms with Crippen LogP contribution in [0.4, 0.5) is 10.9 Å². The molecule has 2 N–H and O–H groups in total. The van der Waals surface area contributed by atoms with E-state index in [2.05, 4.69) is 46.1 Å². The molecular formula is C20H23N9OS2. The van der Waals surface area contributed by atoms with Crippen molar-refractivity contribution in [3.8, 4) is 6.07 Å². The smallest absolute Gasteiger partial charge is 0.271 e. The van der Waals surface area contributed by atoms with E-state index in [1.807, 2.05) is 19.9 Å². The number of nitrogens with zero attached hydrogens (tertiary/aromatic N) is 7. The summed E-state index contributed by atoms with van der Waals surface area (Å²) >= 11 is 2.62. The van der Waals surface area contributed by atoms with Crippen LogP contribution in [0.3, 0.4) is 0 Å². The van der Waals surface area contributed by atoms with Gasteiger partial charge in [-0.05, 0) is 44.8 Å². The molecular weight excluding hydrogens is 446 g/mol. The molecule has 1 fully saturated rings. The largest absolute Gasteiger partial charge is 0.346 e. The molecule has 12 heteroatoms. The van der Waals surface area contributed by atoms with E-state index in [4.69, 9.17) is 5.26 Å². The topological polar surface area (TPSA) is 133 Å². The highest BCUT2D eigenvalue weighted by molar-refractivity contribution is 7.14. The van der Waals surface area contributed by atoms with Gasteiger partial charge in [0.05, 0.1) is 35.4 Å². The summed E-state index contributed by atoms with van der Waals surface area (Å²) in [5.41, 5.74) is 2.13. The third-order valence-electron chi connectivity index (χ3n) is 5.20. The highest BCUT2D eigenvalue weighted by atomic mass is 32.1. The standard InChI is InChI=1S/C20H23N9OS2/c1-12-17(32-28-27-12)9-22-19(30)16-11-31-20(25-16)26-18-8-15(23-13(2)24-18)14-4-3-6-29(10-14)7-5-21/h8,11,14H,3-4,6-7,9-10H2,1-2H3,(H,22,30)(H,23,24,25,26). The average molecular weight is 470 g/mol. The Balaban J connectivity index is 1.41. The Morgan fingerprint density at radius 3 is 3.00 bits per heavy atom. The monoisotopic (exact) mass is 469 g/mol. The summed E-state index contributed by atoms with van der Waals surface area (Å²) in [6.45, 7) is 6.31. The number of amides is 1. The van der Waals surface area contributed by atoms with E-state index in [1.165, 1.54) is 22.9 Å². The van der Waals surface area contributed by atoms with Crippen LogP contribution in [0.5, 0.6) is 0 Å². The average Bonchev–Trinajstić information content (AvgIpc) is 3.41. The Morgan fingerprint density at radius 2 is 2.22 bits per heavy atom. The van der Waals surface area contributed by atoms with E-state index >= 15 is 0 Å². The van der Waals surface area contributed by atoms with Crippen LogP contribution in [0.15, 0.2) is 11.4 Å². The summed E-state index contributed by atoms with van der Waals surface area (Å²) in [5.74, 6) is 1.34. The van der Waals surface area contributed by atoms with Gasteiger partial charge in [-0.2, -0.15) is 5.26 Å². The van der Waals surface area contributed by atoms with Gasteiger partial charge in [-0.1, -0.05) is 4.49 Å². The number of carbonyl (C=O) groups is 1. The summed E-state index contributed by atoms with van der Waals surface area (Å²) in [4.78, 5) is 29.0. The van der Waals surface area contributed by atoms with E-state index in [0.29, 0.717) is 35.6 Å². The molecule has 0 bridgehead atoms. The summed E-state index contributed by atoms with van der Waals surface area (Å²) in [7, 11) is 0. The maximum Gasteiger partial charge on any atom is 0.271 e. The van der Waals surface area contributed by atoms with E-state index < -0.39 is 0 Å². The lowest BCUT2D eigenvalue weighted by molar-refractivity contribution is 0.0947. The molecule has 0 radical (unpaired) electrons. The highest BCUT2D eigenvalue weighted by Gasteiger charge is 2.23. The normalized spacial score (nSPS) is 16.5. The molecule has 0 spiro atoms. The maximum absolute atomic E-state index is 12.4. The van der Waals surface area contributed by atoms with Gasteiger partial charge in [0.1, 0.15) is 17.3 Å². The van der Waals surface area contributed by atoms with Crippen molar-refractivity contribution in [3.63, 3.8) is 0 Å². The molecule has 1 unspecified atom stereocenters. The quantitative estimate of drug-likeness (QED) is 0.501. The molecule has 166 valence electrons. The minimum Gasteiger partial charge on any atom is -0.346 e. The number of rotatable bonds is 7. The van der Waals surface area contributed by atoms with Crippen molar-refractivity contribution in [1.29, 1.82) is 5.26 Å². The van der Waals surface area contributed by atoms with Crippen LogP contribution in [0.2, 0.25) is 0 Å². The van der Waals surface area contributed by atoms with Crippen LogP contribution in [-0.2, 0) is 6.54 Å². The van der Waals surface area contributed by atoms with Crippen LogP contribution in [-0.4, -0.2) is 55.0 Å². The summed E-state index contributed by atoms with van der Waals surface area (Å²) < 4.78 is 3.87. The lowest BCUT2D eigenvalue weighted by Gasteiger charge is -2.30. The minimum atomic E-state index is -0.249. The number of nitrogens with one attached hydrogen (secondary N) is 2.